The van der Waals surface area contributed by atoms with E-state index in [0.717, 1.165) is 34.6 Å². The number of rotatable bonds is 2. The average Bonchev–Trinajstić information content (AvgIpc) is 2.34. The van der Waals surface area contributed by atoms with Crippen LogP contribution in [0.2, 0.25) is 0 Å². The largest absolute Gasteiger partial charge is 0.481 e. The van der Waals surface area contributed by atoms with E-state index in [4.69, 9.17) is 64.8 Å². The highest BCUT2D eigenvalue weighted by Crippen LogP contribution is 1.71. The van der Waals surface area contributed by atoms with Crippen molar-refractivity contribution < 1.29 is 64.8 Å². The van der Waals surface area contributed by atoms with Crippen molar-refractivity contribution in [3.63, 3.8) is 0 Å². The second-order valence-electron chi connectivity index (χ2n) is 3.61. The Hall–Kier alpha value is -2.77. The van der Waals surface area contributed by atoms with Gasteiger partial charge in [0, 0.05) is 34.6 Å². The van der Waals surface area contributed by atoms with Gasteiger partial charge in [-0.25, -0.2) is 0 Å². The molecular formula is C13H28O13. The van der Waals surface area contributed by atoms with Crippen LogP contribution < -0.4 is 0 Å². The molecule has 0 heterocycles. The Morgan fingerprint density at radius 3 is 0.615 bits per heavy atom. The summed E-state index contributed by atoms with van der Waals surface area (Å²) in [6.45, 7) is 4.69. The van der Waals surface area contributed by atoms with Crippen LogP contribution in [0.4, 0.5) is 0 Å². The van der Waals surface area contributed by atoms with Crippen LogP contribution in [0.3, 0.4) is 0 Å². The Balaban J connectivity index is -0.0000000466. The second kappa shape index (κ2) is 33.7. The molecule has 13 nitrogen and oxygen atoms in total. The van der Waals surface area contributed by atoms with Gasteiger partial charge in [0.25, 0.3) is 29.8 Å². The van der Waals surface area contributed by atoms with Crippen LogP contribution in [-0.4, -0.2) is 90.0 Å². The molecule has 0 atom stereocenters. The first kappa shape index (κ1) is 38.7. The molecule has 0 aromatic carbocycles. The van der Waals surface area contributed by atoms with Crippen LogP contribution in [-0.2, 0) is 24.0 Å². The Kier molecular flexibility index (Phi) is 50.2. The van der Waals surface area contributed by atoms with Crippen molar-refractivity contribution in [2.75, 3.05) is 13.2 Å². The molecule has 0 aliphatic carbocycles. The van der Waals surface area contributed by atoms with Crippen molar-refractivity contribution in [2.24, 2.45) is 0 Å². The van der Waals surface area contributed by atoms with Gasteiger partial charge >= 0.3 is 0 Å². The van der Waals surface area contributed by atoms with Crippen LogP contribution in [0.15, 0.2) is 0 Å². The van der Waals surface area contributed by atoms with E-state index in [1.54, 1.807) is 0 Å². The van der Waals surface area contributed by atoms with Crippen molar-refractivity contribution >= 4 is 29.8 Å². The molecule has 158 valence electrons. The number of carbonyl (C=O) groups is 5. The van der Waals surface area contributed by atoms with Crippen molar-refractivity contribution in [1.29, 1.82) is 0 Å². The third-order valence-electron chi connectivity index (χ3n) is 0.421. The lowest BCUT2D eigenvalue weighted by atomic mass is 10.4. The maximum absolute atomic E-state index is 9.00. The lowest BCUT2D eigenvalue weighted by Crippen LogP contribution is -2.15. The number of hydrogen-bond donors (Lipinski definition) is 8. The minimum atomic E-state index is -0.954. The molecule has 13 heteroatoms. The molecule has 0 spiro atoms. The summed E-state index contributed by atoms with van der Waals surface area (Å²) in [6.07, 6.45) is -0.954. The van der Waals surface area contributed by atoms with Crippen molar-refractivity contribution in [3.8, 4) is 0 Å². The number of carboxylic acids is 5. The van der Waals surface area contributed by atoms with Crippen LogP contribution in [0.1, 0.15) is 34.6 Å². The Bertz CT molecular complexity index is 271. The maximum atomic E-state index is 9.00. The third kappa shape index (κ3) is 5740. The third-order valence-corrected chi connectivity index (χ3v) is 0.421. The molecule has 0 aliphatic rings. The number of hydrogen-bond acceptors (Lipinski definition) is 8. The van der Waals surface area contributed by atoms with Gasteiger partial charge in [0.15, 0.2) is 0 Å². The molecular weight excluding hydrogens is 364 g/mol. The highest BCUT2D eigenvalue weighted by atomic mass is 16.4. The van der Waals surface area contributed by atoms with Crippen LogP contribution in [0.5, 0.6) is 0 Å². The van der Waals surface area contributed by atoms with Gasteiger partial charge < -0.3 is 40.9 Å². The highest BCUT2D eigenvalue weighted by Gasteiger charge is 1.93. The van der Waals surface area contributed by atoms with Gasteiger partial charge in [0.05, 0.1) is 13.2 Å². The molecule has 26 heavy (non-hydrogen) atoms. The summed E-state index contributed by atoms with van der Waals surface area (Å²) in [5.41, 5.74) is 0. The van der Waals surface area contributed by atoms with E-state index in [9.17, 15) is 0 Å². The molecule has 0 rings (SSSR count). The van der Waals surface area contributed by atoms with Crippen LogP contribution in [0, 0.1) is 0 Å². The minimum Gasteiger partial charge on any atom is -0.481 e. The molecule has 0 aromatic rings. The Labute approximate surface area is 149 Å². The molecule has 0 radical (unpaired) electrons. The standard InChI is InChI=1S/C3H8O3.5C2H4O2/c4-1-3(6)2-5;5*1-2(3)4/h3-6H,1-2H2;5*1H3,(H,3,4). The fourth-order valence-corrected chi connectivity index (χ4v) is 0.0577. The first-order valence-electron chi connectivity index (χ1n) is 6.35. The SMILES string of the molecule is CC(=O)O.CC(=O)O.CC(=O)O.CC(=O)O.CC(=O)O.OCC(O)CO. The summed E-state index contributed by atoms with van der Waals surface area (Å²) in [6, 6.07) is 0. The Morgan fingerprint density at radius 1 is 0.538 bits per heavy atom. The van der Waals surface area contributed by atoms with Gasteiger partial charge in [0.2, 0.25) is 0 Å². The van der Waals surface area contributed by atoms with Gasteiger partial charge in [-0.05, 0) is 0 Å². The maximum Gasteiger partial charge on any atom is 0.300 e. The predicted molar refractivity (Wildman–Crippen MR) is 86.7 cm³/mol. The van der Waals surface area contributed by atoms with Crippen molar-refractivity contribution in [1.82, 2.24) is 0 Å². The summed E-state index contributed by atoms with van der Waals surface area (Å²) in [5.74, 6) is -4.17. The van der Waals surface area contributed by atoms with Gasteiger partial charge in [-0.15, -0.1) is 0 Å². The number of aliphatic hydroxyl groups is 3. The smallest absolute Gasteiger partial charge is 0.300 e. The summed E-state index contributed by atoms with van der Waals surface area (Å²) >= 11 is 0. The fraction of sp³-hybridized carbons (Fsp3) is 0.615. The molecule has 0 unspecified atom stereocenters. The normalized spacial score (nSPS) is 7.12. The molecule has 0 saturated carbocycles. The fourth-order valence-electron chi connectivity index (χ4n) is 0.0577. The first-order valence-corrected chi connectivity index (χ1v) is 6.35. The number of aliphatic carboxylic acids is 5. The minimum absolute atomic E-state index is 0.365. The molecule has 0 aliphatic heterocycles. The summed E-state index contributed by atoms with van der Waals surface area (Å²) < 4.78 is 0. The topological polar surface area (TPSA) is 247 Å². The van der Waals surface area contributed by atoms with E-state index < -0.39 is 36.0 Å². The summed E-state index contributed by atoms with van der Waals surface area (Å²) in [5, 5.41) is 61.1. The van der Waals surface area contributed by atoms with E-state index in [0.29, 0.717) is 0 Å². The first-order chi connectivity index (χ1) is 11.5. The zero-order chi connectivity index (χ0) is 22.9. The van der Waals surface area contributed by atoms with Crippen LogP contribution >= 0.6 is 0 Å². The van der Waals surface area contributed by atoms with E-state index in [1.807, 2.05) is 0 Å². The van der Waals surface area contributed by atoms with Crippen molar-refractivity contribution in [3.05, 3.63) is 0 Å². The molecule has 8 N–H and O–H groups in total. The number of aliphatic hydroxyl groups excluding tert-OH is 3. The van der Waals surface area contributed by atoms with E-state index in [1.165, 1.54) is 0 Å². The lowest BCUT2D eigenvalue weighted by Gasteiger charge is -1.96. The van der Waals surface area contributed by atoms with Crippen molar-refractivity contribution in [2.45, 2.75) is 40.7 Å². The quantitative estimate of drug-likeness (QED) is 0.275. The lowest BCUT2D eigenvalue weighted by molar-refractivity contribution is -0.135. The average molecular weight is 392 g/mol. The number of carboxylic acid groups (broad SMARTS) is 5. The van der Waals surface area contributed by atoms with Gasteiger partial charge in [-0.3, -0.25) is 24.0 Å². The zero-order valence-electron chi connectivity index (χ0n) is 15.1. The van der Waals surface area contributed by atoms with Gasteiger partial charge in [0.1, 0.15) is 6.10 Å². The van der Waals surface area contributed by atoms with Crippen LogP contribution in [0.25, 0.3) is 0 Å². The monoisotopic (exact) mass is 392 g/mol. The summed E-state index contributed by atoms with van der Waals surface area (Å²) in [7, 11) is 0. The van der Waals surface area contributed by atoms with E-state index in [2.05, 4.69) is 0 Å². The van der Waals surface area contributed by atoms with E-state index in [-0.39, 0.29) is 13.2 Å². The zero-order valence-corrected chi connectivity index (χ0v) is 15.1. The summed E-state index contributed by atoms with van der Waals surface area (Å²) in [4.78, 5) is 45.0. The Morgan fingerprint density at radius 2 is 0.615 bits per heavy atom. The highest BCUT2D eigenvalue weighted by molar-refractivity contribution is 5.63. The molecule has 0 aromatic heterocycles. The van der Waals surface area contributed by atoms with E-state index >= 15 is 0 Å². The molecule has 0 saturated heterocycles. The van der Waals surface area contributed by atoms with Gasteiger partial charge in [-0.1, -0.05) is 0 Å². The molecule has 0 bridgehead atoms. The second-order valence-corrected chi connectivity index (χ2v) is 3.61. The van der Waals surface area contributed by atoms with Gasteiger partial charge in [-0.2, -0.15) is 0 Å². The molecule has 0 amide bonds. The molecule has 0 fully saturated rings. The predicted octanol–water partition coefficient (Wildman–Crippen LogP) is -1.21.